The number of nitrogens with zero attached hydrogens (tertiary/aromatic N) is 2. The summed E-state index contributed by atoms with van der Waals surface area (Å²) in [7, 11) is -0.449. The molecule has 20 aromatic carbocycles. The molecular formula is C122H86BBrN2O2. The van der Waals surface area contributed by atoms with Gasteiger partial charge in [0, 0.05) is 47.9 Å². The van der Waals surface area contributed by atoms with E-state index in [-0.39, 0.29) is 0 Å². The van der Waals surface area contributed by atoms with Crippen LogP contribution in [0.25, 0.3) is 165 Å². The molecule has 0 atom stereocenters. The quantitative estimate of drug-likeness (QED) is 0.0778. The highest BCUT2D eigenvalue weighted by Gasteiger charge is 2.53. The molecule has 0 saturated carbocycles. The first kappa shape index (κ1) is 78.0. The molecule has 0 radical (unpaired) electrons. The van der Waals surface area contributed by atoms with E-state index in [0.29, 0.717) is 0 Å². The molecule has 1 aliphatic heterocycles. The van der Waals surface area contributed by atoms with Gasteiger partial charge in [0.25, 0.3) is 0 Å². The minimum absolute atomic E-state index is 0.417. The lowest BCUT2D eigenvalue weighted by Gasteiger charge is -2.34. The van der Waals surface area contributed by atoms with Crippen LogP contribution in [0.3, 0.4) is 0 Å². The van der Waals surface area contributed by atoms with Crippen molar-refractivity contribution in [1.82, 2.24) is 9.97 Å². The fourth-order valence-corrected chi connectivity index (χ4v) is 22.1. The second-order valence-electron chi connectivity index (χ2n) is 35.0. The summed E-state index contributed by atoms with van der Waals surface area (Å²) in [6.45, 7) is 8.38. The van der Waals surface area contributed by atoms with E-state index in [1.165, 1.54) is 164 Å². The third kappa shape index (κ3) is 12.4. The Labute approximate surface area is 754 Å². The molecule has 0 unspecified atom stereocenters. The number of hydrogen-bond acceptors (Lipinski definition) is 4. The normalized spacial score (nSPS) is 14.1. The molecule has 0 N–H and O–H groups in total. The highest BCUT2D eigenvalue weighted by atomic mass is 79.9. The Morgan fingerprint density at radius 3 is 0.906 bits per heavy atom. The topological polar surface area (TPSA) is 44.2 Å². The van der Waals surface area contributed by atoms with Crippen LogP contribution >= 0.6 is 15.9 Å². The number of halogens is 1. The Kier molecular flexibility index (Phi) is 19.2. The highest BCUT2D eigenvalue weighted by molar-refractivity contribution is 9.10. The predicted octanol–water partition coefficient (Wildman–Crippen LogP) is 31.2. The first-order valence-electron chi connectivity index (χ1n) is 44.3. The number of aromatic nitrogens is 2. The molecule has 3 heterocycles. The van der Waals surface area contributed by atoms with E-state index < -0.39 is 29.2 Å². The molecule has 0 spiro atoms. The van der Waals surface area contributed by atoms with Crippen molar-refractivity contribution in [2.24, 2.45) is 0 Å². The van der Waals surface area contributed by atoms with Crippen LogP contribution in [0.4, 0.5) is 0 Å². The zero-order valence-electron chi connectivity index (χ0n) is 71.4. The van der Waals surface area contributed by atoms with Gasteiger partial charge in [-0.25, -0.2) is 9.97 Å². The van der Waals surface area contributed by atoms with Crippen LogP contribution in [0.1, 0.15) is 72.2 Å². The largest absolute Gasteiger partial charge is 0.494 e. The molecule has 2 aromatic heterocycles. The SMILES string of the molecule is Brc1c2ccccc2c(-c2ccccc2)c2ccccc12.CC1(C)OB(c2cccc(-c3nc4ccccc4c4c5c(ccc34)C(c3ccccc3)(c3ccccc3)c3ccccc3-5)c2)OC1(C)C.c1ccc(-c2c3ccccc3c(-c3cccc(-c4nc5ccccc5c5c6c(ccc45)C(c4ccccc4)(c4ccccc4)c4ccccc4-6)c3)c3ccccc23)cc1. The number of benzene rings is 20. The van der Waals surface area contributed by atoms with E-state index >= 15 is 0 Å². The Morgan fingerprint density at radius 1 is 0.227 bits per heavy atom. The Balaban J connectivity index is 0.000000121. The summed E-state index contributed by atoms with van der Waals surface area (Å²) in [5, 5.41) is 17.2. The van der Waals surface area contributed by atoms with E-state index in [2.05, 4.69) is 493 Å². The van der Waals surface area contributed by atoms with Gasteiger partial charge >= 0.3 is 7.12 Å². The lowest BCUT2D eigenvalue weighted by Crippen LogP contribution is -2.41. The average molecular weight is 1700 g/mol. The highest BCUT2D eigenvalue weighted by Crippen LogP contribution is 2.62. The molecule has 2 aliphatic carbocycles. The van der Waals surface area contributed by atoms with Gasteiger partial charge in [-0.1, -0.05) is 431 Å². The minimum atomic E-state index is -0.485. The van der Waals surface area contributed by atoms with E-state index in [9.17, 15) is 0 Å². The van der Waals surface area contributed by atoms with Crippen LogP contribution < -0.4 is 5.46 Å². The van der Waals surface area contributed by atoms with Crippen LogP contribution in [-0.2, 0) is 20.1 Å². The van der Waals surface area contributed by atoms with Gasteiger partial charge in [0.05, 0.1) is 44.5 Å². The lowest BCUT2D eigenvalue weighted by atomic mass is 9.67. The Hall–Kier alpha value is -14.8. The van der Waals surface area contributed by atoms with Gasteiger partial charge < -0.3 is 9.31 Å². The maximum Gasteiger partial charge on any atom is 0.494 e. The Morgan fingerprint density at radius 2 is 0.516 bits per heavy atom. The number of hydrogen-bond donors (Lipinski definition) is 0. The molecule has 4 nitrogen and oxygen atoms in total. The summed E-state index contributed by atoms with van der Waals surface area (Å²) in [5.41, 5.74) is 28.1. The first-order valence-corrected chi connectivity index (χ1v) is 45.1. The molecule has 6 heteroatoms. The van der Waals surface area contributed by atoms with Crippen molar-refractivity contribution in [2.75, 3.05) is 0 Å². The second kappa shape index (κ2) is 31.4. The van der Waals surface area contributed by atoms with Gasteiger partial charge in [-0.05, 0) is 211 Å². The van der Waals surface area contributed by atoms with Gasteiger partial charge in [-0.15, -0.1) is 0 Å². The third-order valence-corrected chi connectivity index (χ3v) is 28.5. The smallest absolute Gasteiger partial charge is 0.399 e. The first-order chi connectivity index (χ1) is 63.0. The molecule has 0 amide bonds. The monoisotopic (exact) mass is 1700 g/mol. The number of rotatable bonds is 10. The number of para-hydroxylation sites is 2. The molecular weight excluding hydrogens is 1620 g/mol. The number of fused-ring (bicyclic) bond motifs is 18. The summed E-state index contributed by atoms with van der Waals surface area (Å²) in [6, 6.07) is 163. The predicted molar refractivity (Wildman–Crippen MR) is 540 cm³/mol. The summed E-state index contributed by atoms with van der Waals surface area (Å²) in [4.78, 5) is 10.9. The third-order valence-electron chi connectivity index (χ3n) is 27.6. The van der Waals surface area contributed by atoms with Gasteiger partial charge in [0.15, 0.2) is 0 Å². The van der Waals surface area contributed by atoms with Crippen LogP contribution in [0.2, 0.25) is 0 Å². The summed E-state index contributed by atoms with van der Waals surface area (Å²) >= 11 is 3.79. The van der Waals surface area contributed by atoms with Gasteiger partial charge in [0.1, 0.15) is 0 Å². The van der Waals surface area contributed by atoms with E-state index in [1.807, 2.05) is 0 Å². The van der Waals surface area contributed by atoms with E-state index in [0.717, 1.165) is 55.2 Å². The lowest BCUT2D eigenvalue weighted by molar-refractivity contribution is 0.00578. The standard InChI is InChI=1S/C58H37N.C44H36BNO2.C20H13Br/c1-4-19-38(20-5-1)53-43-27-10-12-29-45(43)54(46-30-13-11-28-44(46)53)39-21-18-22-40(37-39)57-49-35-36-51-56(55(49)48-32-15-17-34-52(48)59-57)47-31-14-16-33-50(47)58(51,41-23-6-2-7-24-41)42-25-8-3-9-26-42;1-42(2)43(3,4)48-45(47-42)32-21-15-16-29(28-32)41-35-26-27-37-40(39(35)34-23-12-14-25-38(34)46-41)33-22-11-13-24-36(33)44(37,30-17-7-5-8-18-30)31-19-9-6-10-20-31;21-20-17-12-6-4-10-15(17)19(14-8-2-1-3-9-14)16-11-5-7-13-18(16)20/h1-37H;5-28H,1-4H3;1-13H. The van der Waals surface area contributed by atoms with Crippen molar-refractivity contribution < 1.29 is 9.31 Å². The van der Waals surface area contributed by atoms with Crippen molar-refractivity contribution in [3.8, 4) is 78.1 Å². The molecule has 25 rings (SSSR count). The maximum absolute atomic E-state index is 6.46. The maximum atomic E-state index is 6.46. The fraction of sp³-hybridized carbons (Fsp3) is 0.0656. The van der Waals surface area contributed by atoms with E-state index in [4.69, 9.17) is 19.3 Å². The van der Waals surface area contributed by atoms with Crippen molar-refractivity contribution in [3.63, 3.8) is 0 Å². The van der Waals surface area contributed by atoms with Crippen LogP contribution in [0.5, 0.6) is 0 Å². The minimum Gasteiger partial charge on any atom is -0.399 e. The summed E-state index contributed by atoms with van der Waals surface area (Å²) in [6.07, 6.45) is 0. The molecule has 22 aromatic rings. The molecule has 1 saturated heterocycles. The number of pyridine rings is 2. The molecule has 128 heavy (non-hydrogen) atoms. The van der Waals surface area contributed by atoms with Crippen molar-refractivity contribution in [2.45, 2.75) is 49.7 Å². The molecule has 1 fully saturated rings. The molecule has 606 valence electrons. The Bertz CT molecular complexity index is 7940. The van der Waals surface area contributed by atoms with Gasteiger partial charge in [0.2, 0.25) is 0 Å². The van der Waals surface area contributed by atoms with Gasteiger partial charge in [-0.3, -0.25) is 0 Å². The van der Waals surface area contributed by atoms with Crippen LogP contribution in [-0.4, -0.2) is 28.3 Å². The average Bonchev–Trinajstić information content (AvgIpc) is 1.52. The zero-order chi connectivity index (χ0) is 85.8. The van der Waals surface area contributed by atoms with Crippen LogP contribution in [0, 0.1) is 0 Å². The zero-order valence-corrected chi connectivity index (χ0v) is 73.0. The fourth-order valence-electron chi connectivity index (χ4n) is 21.4. The van der Waals surface area contributed by atoms with Crippen molar-refractivity contribution >= 4 is 115 Å². The summed E-state index contributed by atoms with van der Waals surface area (Å²) < 4.78 is 14.1. The van der Waals surface area contributed by atoms with Crippen molar-refractivity contribution in [3.05, 3.63) is 498 Å². The summed E-state index contributed by atoms with van der Waals surface area (Å²) in [5.74, 6) is 0. The van der Waals surface area contributed by atoms with Crippen molar-refractivity contribution in [1.29, 1.82) is 0 Å². The van der Waals surface area contributed by atoms with Gasteiger partial charge in [-0.2, -0.15) is 0 Å². The molecule has 0 bridgehead atoms. The second-order valence-corrected chi connectivity index (χ2v) is 35.8. The van der Waals surface area contributed by atoms with E-state index in [1.54, 1.807) is 0 Å². The molecule has 3 aliphatic rings. The van der Waals surface area contributed by atoms with Crippen LogP contribution in [0.15, 0.2) is 453 Å².